The zero-order chi connectivity index (χ0) is 14.6. The van der Waals surface area contributed by atoms with Crippen molar-refractivity contribution in [2.75, 3.05) is 0 Å². The van der Waals surface area contributed by atoms with Gasteiger partial charge in [0.25, 0.3) is 0 Å². The Labute approximate surface area is 116 Å². The molecular weight excluding hydrogens is 240 g/mol. The molecule has 19 heavy (non-hydrogen) atoms. The highest BCUT2D eigenvalue weighted by Crippen LogP contribution is 2.69. The zero-order valence-corrected chi connectivity index (χ0v) is 12.9. The number of ketones is 1. The Morgan fingerprint density at radius 3 is 2.26 bits per heavy atom. The molecule has 2 fully saturated rings. The van der Waals surface area contributed by atoms with Crippen LogP contribution in [0.15, 0.2) is 0 Å². The van der Waals surface area contributed by atoms with Crippen LogP contribution in [-0.4, -0.2) is 27.7 Å². The Morgan fingerprint density at radius 1 is 1.32 bits per heavy atom. The van der Waals surface area contributed by atoms with Crippen LogP contribution in [0.25, 0.3) is 0 Å². The third-order valence-electron chi connectivity index (χ3n) is 6.52. The summed E-state index contributed by atoms with van der Waals surface area (Å²) in [5, 5.41) is 20.9. The lowest BCUT2D eigenvalue weighted by Crippen LogP contribution is -2.53. The van der Waals surface area contributed by atoms with Crippen molar-refractivity contribution in [1.82, 2.24) is 0 Å². The molecular formula is C16H28O3. The van der Waals surface area contributed by atoms with Gasteiger partial charge in [0.1, 0.15) is 5.60 Å². The number of carbonyl (C=O) groups is 1. The normalized spacial score (nSPS) is 41.8. The minimum Gasteiger partial charge on any atom is -0.392 e. The van der Waals surface area contributed by atoms with Gasteiger partial charge < -0.3 is 10.2 Å². The first kappa shape index (κ1) is 15.0. The van der Waals surface area contributed by atoms with E-state index in [4.69, 9.17) is 0 Å². The summed E-state index contributed by atoms with van der Waals surface area (Å²) in [4.78, 5) is 12.6. The van der Waals surface area contributed by atoms with Crippen LogP contribution in [0.3, 0.4) is 0 Å². The second-order valence-electron chi connectivity index (χ2n) is 7.79. The molecule has 0 aliphatic heterocycles. The largest absolute Gasteiger partial charge is 0.392 e. The van der Waals surface area contributed by atoms with E-state index in [0.29, 0.717) is 12.3 Å². The van der Waals surface area contributed by atoms with E-state index >= 15 is 0 Å². The molecule has 2 rings (SSSR count). The summed E-state index contributed by atoms with van der Waals surface area (Å²) < 4.78 is 0. The summed E-state index contributed by atoms with van der Waals surface area (Å²) in [5.41, 5.74) is -1.59. The molecule has 2 N–H and O–H groups in total. The quantitative estimate of drug-likeness (QED) is 0.824. The maximum atomic E-state index is 12.6. The minimum atomic E-state index is -1.24. The number of Topliss-reactive ketones (excluding diaryl/α,β-unsaturated/α-hetero) is 1. The van der Waals surface area contributed by atoms with E-state index in [1.54, 1.807) is 0 Å². The lowest BCUT2D eigenvalue weighted by atomic mass is 9.62. The fourth-order valence-electron chi connectivity index (χ4n) is 4.29. The number of hydrogen-bond acceptors (Lipinski definition) is 3. The molecule has 4 atom stereocenters. The summed E-state index contributed by atoms with van der Waals surface area (Å²) in [5.74, 6) is 0.307. The minimum absolute atomic E-state index is 0.000192. The lowest BCUT2D eigenvalue weighted by molar-refractivity contribution is -0.157. The third kappa shape index (κ3) is 1.81. The molecule has 0 amide bonds. The average Bonchev–Trinajstić information content (AvgIpc) is 2.60. The van der Waals surface area contributed by atoms with Crippen molar-refractivity contribution in [2.24, 2.45) is 22.7 Å². The van der Waals surface area contributed by atoms with Gasteiger partial charge in [-0.1, -0.05) is 34.6 Å². The maximum absolute atomic E-state index is 12.6. The maximum Gasteiger partial charge on any atom is 0.167 e. The van der Waals surface area contributed by atoms with Crippen molar-refractivity contribution in [3.63, 3.8) is 0 Å². The van der Waals surface area contributed by atoms with E-state index in [1.807, 2.05) is 13.8 Å². The first-order chi connectivity index (χ1) is 8.56. The van der Waals surface area contributed by atoms with Crippen LogP contribution >= 0.6 is 0 Å². The van der Waals surface area contributed by atoms with Crippen LogP contribution in [0, 0.1) is 22.7 Å². The number of rotatable bonds is 4. The molecule has 2 aliphatic carbocycles. The highest BCUT2D eigenvalue weighted by molar-refractivity contribution is 5.89. The molecule has 0 radical (unpaired) electrons. The molecule has 0 aromatic heterocycles. The summed E-state index contributed by atoms with van der Waals surface area (Å²) in [6.45, 7) is 10.2. The molecule has 0 heterocycles. The van der Waals surface area contributed by atoms with E-state index in [1.165, 1.54) is 0 Å². The Balaban J connectivity index is 2.23. The zero-order valence-electron chi connectivity index (χ0n) is 12.9. The van der Waals surface area contributed by atoms with Gasteiger partial charge in [-0.05, 0) is 36.5 Å². The van der Waals surface area contributed by atoms with Gasteiger partial charge in [-0.25, -0.2) is 0 Å². The Kier molecular flexibility index (Phi) is 3.38. The van der Waals surface area contributed by atoms with Crippen molar-refractivity contribution in [1.29, 1.82) is 0 Å². The van der Waals surface area contributed by atoms with Crippen molar-refractivity contribution >= 4 is 5.78 Å². The van der Waals surface area contributed by atoms with Crippen molar-refractivity contribution < 1.29 is 15.0 Å². The Hall–Kier alpha value is -0.410. The Morgan fingerprint density at radius 2 is 1.89 bits per heavy atom. The standard InChI is InChI=1S/C16H28O3/c1-10(2)12(17)8-13(18)16(19)9-11-6-7-15(16,5)14(11,3)4/h10-12,17,19H,6-9H2,1-5H3/t11-,12-,15-,16+/m1/s1. The molecule has 0 aromatic rings. The monoisotopic (exact) mass is 268 g/mol. The SMILES string of the molecule is CC(C)[C@H](O)CC(=O)[C@@]1(O)C[C@H]2CC[C@]1(C)C2(C)C. The van der Waals surface area contributed by atoms with Crippen LogP contribution < -0.4 is 0 Å². The molecule has 0 aromatic carbocycles. The van der Waals surface area contributed by atoms with Crippen molar-refractivity contribution in [3.05, 3.63) is 0 Å². The molecule has 0 saturated heterocycles. The van der Waals surface area contributed by atoms with Crippen LogP contribution in [-0.2, 0) is 4.79 Å². The molecule has 2 aliphatic rings. The number of aliphatic hydroxyl groups is 2. The number of aliphatic hydroxyl groups excluding tert-OH is 1. The van der Waals surface area contributed by atoms with Gasteiger partial charge in [0, 0.05) is 11.8 Å². The predicted molar refractivity (Wildman–Crippen MR) is 74.6 cm³/mol. The van der Waals surface area contributed by atoms with E-state index in [9.17, 15) is 15.0 Å². The first-order valence-corrected chi connectivity index (χ1v) is 7.50. The highest BCUT2D eigenvalue weighted by atomic mass is 16.3. The van der Waals surface area contributed by atoms with Crippen molar-refractivity contribution in [2.45, 2.75) is 72.0 Å². The summed E-state index contributed by atoms with van der Waals surface area (Å²) in [6.07, 6.45) is 2.01. The summed E-state index contributed by atoms with van der Waals surface area (Å²) in [7, 11) is 0. The Bertz CT molecular complexity index is 387. The fraction of sp³-hybridized carbons (Fsp3) is 0.938. The molecule has 3 heteroatoms. The summed E-state index contributed by atoms with van der Waals surface area (Å²) in [6, 6.07) is 0. The molecule has 2 bridgehead atoms. The lowest BCUT2D eigenvalue weighted by Gasteiger charge is -2.44. The van der Waals surface area contributed by atoms with Crippen LogP contribution in [0.1, 0.15) is 60.3 Å². The number of carbonyl (C=O) groups excluding carboxylic acids is 1. The summed E-state index contributed by atoms with van der Waals surface area (Å²) >= 11 is 0. The van der Waals surface area contributed by atoms with Gasteiger partial charge in [0.2, 0.25) is 0 Å². The van der Waals surface area contributed by atoms with E-state index in [-0.39, 0.29) is 29.0 Å². The third-order valence-corrected chi connectivity index (χ3v) is 6.52. The van der Waals surface area contributed by atoms with Crippen LogP contribution in [0.5, 0.6) is 0 Å². The average molecular weight is 268 g/mol. The molecule has 110 valence electrons. The van der Waals surface area contributed by atoms with Gasteiger partial charge in [0.15, 0.2) is 5.78 Å². The van der Waals surface area contributed by atoms with Gasteiger partial charge >= 0.3 is 0 Å². The van der Waals surface area contributed by atoms with Crippen molar-refractivity contribution in [3.8, 4) is 0 Å². The predicted octanol–water partition coefficient (Wildman–Crippen LogP) is 2.54. The van der Waals surface area contributed by atoms with E-state index in [0.717, 1.165) is 12.8 Å². The molecule has 0 spiro atoms. The molecule has 2 saturated carbocycles. The second-order valence-corrected chi connectivity index (χ2v) is 7.79. The molecule has 3 nitrogen and oxygen atoms in total. The van der Waals surface area contributed by atoms with E-state index < -0.39 is 11.7 Å². The molecule has 0 unspecified atom stereocenters. The van der Waals surface area contributed by atoms with Gasteiger partial charge in [-0.3, -0.25) is 4.79 Å². The van der Waals surface area contributed by atoms with Crippen LogP contribution in [0.4, 0.5) is 0 Å². The smallest absolute Gasteiger partial charge is 0.167 e. The first-order valence-electron chi connectivity index (χ1n) is 7.50. The number of fused-ring (bicyclic) bond motifs is 2. The number of hydrogen-bond donors (Lipinski definition) is 2. The van der Waals surface area contributed by atoms with Gasteiger partial charge in [-0.15, -0.1) is 0 Å². The topological polar surface area (TPSA) is 57.5 Å². The van der Waals surface area contributed by atoms with Crippen LogP contribution in [0.2, 0.25) is 0 Å². The fourth-order valence-corrected chi connectivity index (χ4v) is 4.29. The highest BCUT2D eigenvalue weighted by Gasteiger charge is 2.70. The van der Waals surface area contributed by atoms with Gasteiger partial charge in [-0.2, -0.15) is 0 Å². The van der Waals surface area contributed by atoms with Gasteiger partial charge in [0.05, 0.1) is 6.10 Å². The second kappa shape index (κ2) is 4.29. The van der Waals surface area contributed by atoms with E-state index in [2.05, 4.69) is 20.8 Å².